The standard InChI is InChI=1S/C12H13N3O4/c1-2-10(16)7-11-13-12(14-19-11)8-4-3-5-9(6-8)15(17)18/h3-6,10,16H,2,7H2,1H3. The van der Waals surface area contributed by atoms with Gasteiger partial charge in [0.2, 0.25) is 11.7 Å². The van der Waals surface area contributed by atoms with Crippen molar-refractivity contribution in [3.63, 3.8) is 0 Å². The van der Waals surface area contributed by atoms with Gasteiger partial charge in [-0.3, -0.25) is 10.1 Å². The number of nitrogens with zero attached hydrogens (tertiary/aromatic N) is 3. The zero-order valence-corrected chi connectivity index (χ0v) is 10.3. The maximum atomic E-state index is 10.7. The molecule has 0 spiro atoms. The Morgan fingerprint density at radius 1 is 1.53 bits per heavy atom. The number of nitro benzene ring substituents is 1. The predicted molar refractivity (Wildman–Crippen MR) is 66.4 cm³/mol. The van der Waals surface area contributed by atoms with Crippen LogP contribution in [0.5, 0.6) is 0 Å². The quantitative estimate of drug-likeness (QED) is 0.653. The Hall–Kier alpha value is -2.28. The minimum absolute atomic E-state index is 0.0301. The summed E-state index contributed by atoms with van der Waals surface area (Å²) in [4.78, 5) is 14.3. The van der Waals surface area contributed by atoms with Gasteiger partial charge < -0.3 is 9.63 Å². The van der Waals surface area contributed by atoms with E-state index in [1.165, 1.54) is 12.1 Å². The minimum atomic E-state index is -0.529. The van der Waals surface area contributed by atoms with Crippen molar-refractivity contribution in [2.75, 3.05) is 0 Å². The molecule has 1 unspecified atom stereocenters. The number of rotatable bonds is 5. The molecular formula is C12H13N3O4. The van der Waals surface area contributed by atoms with Gasteiger partial charge in [-0.25, -0.2) is 0 Å². The Labute approximate surface area is 109 Å². The first-order valence-corrected chi connectivity index (χ1v) is 5.85. The first-order valence-electron chi connectivity index (χ1n) is 5.85. The number of hydrogen-bond donors (Lipinski definition) is 1. The van der Waals surface area contributed by atoms with Gasteiger partial charge in [-0.05, 0) is 6.42 Å². The van der Waals surface area contributed by atoms with Crippen molar-refractivity contribution < 1.29 is 14.6 Å². The molecule has 1 atom stereocenters. The molecule has 7 nitrogen and oxygen atoms in total. The summed E-state index contributed by atoms with van der Waals surface area (Å²) in [5.74, 6) is 0.595. The molecule has 1 N–H and O–H groups in total. The van der Waals surface area contributed by atoms with Crippen LogP contribution in [0.1, 0.15) is 19.2 Å². The first kappa shape index (κ1) is 13.2. The fourth-order valence-electron chi connectivity index (χ4n) is 1.56. The minimum Gasteiger partial charge on any atom is -0.393 e. The zero-order chi connectivity index (χ0) is 13.8. The van der Waals surface area contributed by atoms with Crippen LogP contribution in [0.3, 0.4) is 0 Å². The van der Waals surface area contributed by atoms with Gasteiger partial charge in [0, 0.05) is 17.7 Å². The number of aliphatic hydroxyl groups excluding tert-OH is 1. The van der Waals surface area contributed by atoms with Crippen molar-refractivity contribution in [1.82, 2.24) is 10.1 Å². The third-order valence-electron chi connectivity index (χ3n) is 2.66. The predicted octanol–water partition coefficient (Wildman–Crippen LogP) is 1.96. The summed E-state index contributed by atoms with van der Waals surface area (Å²) >= 11 is 0. The van der Waals surface area contributed by atoms with Crippen LogP contribution in [0.25, 0.3) is 11.4 Å². The number of aliphatic hydroxyl groups is 1. The topological polar surface area (TPSA) is 102 Å². The Bertz CT molecular complexity index is 582. The molecule has 100 valence electrons. The third kappa shape index (κ3) is 3.14. The van der Waals surface area contributed by atoms with E-state index in [1.807, 2.05) is 6.92 Å². The summed E-state index contributed by atoms with van der Waals surface area (Å²) in [7, 11) is 0. The summed E-state index contributed by atoms with van der Waals surface area (Å²) in [6, 6.07) is 6.00. The molecule has 0 amide bonds. The highest BCUT2D eigenvalue weighted by Crippen LogP contribution is 2.21. The lowest BCUT2D eigenvalue weighted by Crippen LogP contribution is -2.08. The van der Waals surface area contributed by atoms with E-state index >= 15 is 0 Å². The molecule has 7 heteroatoms. The van der Waals surface area contributed by atoms with Crippen LogP contribution in [0.15, 0.2) is 28.8 Å². The highest BCUT2D eigenvalue weighted by atomic mass is 16.6. The maximum Gasteiger partial charge on any atom is 0.270 e. The van der Waals surface area contributed by atoms with Crippen LogP contribution in [0.2, 0.25) is 0 Å². The molecule has 0 fully saturated rings. The smallest absolute Gasteiger partial charge is 0.270 e. The Morgan fingerprint density at radius 2 is 2.32 bits per heavy atom. The van der Waals surface area contributed by atoms with Crippen molar-refractivity contribution in [1.29, 1.82) is 0 Å². The normalized spacial score (nSPS) is 12.3. The fourth-order valence-corrected chi connectivity index (χ4v) is 1.56. The van der Waals surface area contributed by atoms with Crippen molar-refractivity contribution in [2.45, 2.75) is 25.9 Å². The van der Waals surface area contributed by atoms with Crippen molar-refractivity contribution in [3.8, 4) is 11.4 Å². The highest BCUT2D eigenvalue weighted by molar-refractivity contribution is 5.58. The van der Waals surface area contributed by atoms with Crippen molar-refractivity contribution in [3.05, 3.63) is 40.3 Å². The fraction of sp³-hybridized carbons (Fsp3) is 0.333. The van der Waals surface area contributed by atoms with E-state index in [2.05, 4.69) is 10.1 Å². The average Bonchev–Trinajstić information content (AvgIpc) is 2.87. The lowest BCUT2D eigenvalue weighted by molar-refractivity contribution is -0.384. The number of benzene rings is 1. The number of nitro groups is 1. The van der Waals surface area contributed by atoms with Gasteiger partial charge in [-0.1, -0.05) is 24.2 Å². The van der Waals surface area contributed by atoms with E-state index < -0.39 is 11.0 Å². The molecule has 0 bridgehead atoms. The molecule has 0 aliphatic heterocycles. The van der Waals surface area contributed by atoms with Crippen molar-refractivity contribution in [2.24, 2.45) is 0 Å². The van der Waals surface area contributed by atoms with Crippen LogP contribution in [-0.2, 0) is 6.42 Å². The molecule has 0 saturated heterocycles. The van der Waals surface area contributed by atoms with E-state index in [4.69, 9.17) is 4.52 Å². The largest absolute Gasteiger partial charge is 0.393 e. The molecule has 1 aromatic heterocycles. The summed E-state index contributed by atoms with van der Waals surface area (Å²) < 4.78 is 5.00. The monoisotopic (exact) mass is 263 g/mol. The summed E-state index contributed by atoms with van der Waals surface area (Å²) in [5.41, 5.74) is 0.479. The molecule has 0 radical (unpaired) electrons. The van der Waals surface area contributed by atoms with Crippen LogP contribution in [0, 0.1) is 10.1 Å². The number of hydrogen-bond acceptors (Lipinski definition) is 6. The van der Waals surface area contributed by atoms with Crippen molar-refractivity contribution >= 4 is 5.69 Å². The second kappa shape index (κ2) is 5.57. The third-order valence-corrected chi connectivity index (χ3v) is 2.66. The molecule has 19 heavy (non-hydrogen) atoms. The molecule has 2 aromatic rings. The van der Waals surface area contributed by atoms with E-state index in [1.54, 1.807) is 12.1 Å². The average molecular weight is 263 g/mol. The van der Waals surface area contributed by atoms with Crippen LogP contribution in [0.4, 0.5) is 5.69 Å². The lowest BCUT2D eigenvalue weighted by Gasteiger charge is -2.01. The van der Waals surface area contributed by atoms with Crippen LogP contribution < -0.4 is 0 Å². The van der Waals surface area contributed by atoms with Gasteiger partial charge in [0.15, 0.2) is 0 Å². The summed E-state index contributed by atoms with van der Waals surface area (Å²) in [5, 5.41) is 23.9. The molecular weight excluding hydrogens is 250 g/mol. The van der Waals surface area contributed by atoms with E-state index in [0.29, 0.717) is 17.9 Å². The van der Waals surface area contributed by atoms with Crippen LogP contribution >= 0.6 is 0 Å². The molecule has 0 saturated carbocycles. The van der Waals surface area contributed by atoms with Gasteiger partial charge in [0.05, 0.1) is 17.4 Å². The molecule has 2 rings (SSSR count). The second-order valence-electron chi connectivity index (χ2n) is 4.09. The summed E-state index contributed by atoms with van der Waals surface area (Å²) in [6.45, 7) is 1.85. The highest BCUT2D eigenvalue weighted by Gasteiger charge is 2.14. The number of aromatic nitrogens is 2. The van der Waals surface area contributed by atoms with Gasteiger partial charge in [-0.2, -0.15) is 4.98 Å². The Balaban J connectivity index is 2.22. The first-order chi connectivity index (χ1) is 9.10. The van der Waals surface area contributed by atoms with E-state index in [-0.39, 0.29) is 17.9 Å². The van der Waals surface area contributed by atoms with E-state index in [0.717, 1.165) is 0 Å². The lowest BCUT2D eigenvalue weighted by atomic mass is 10.2. The van der Waals surface area contributed by atoms with Crippen LogP contribution in [-0.4, -0.2) is 26.3 Å². The van der Waals surface area contributed by atoms with E-state index in [9.17, 15) is 15.2 Å². The van der Waals surface area contributed by atoms with Gasteiger partial charge in [0.1, 0.15) is 0 Å². The molecule has 0 aliphatic carbocycles. The molecule has 0 aliphatic rings. The van der Waals surface area contributed by atoms with Gasteiger partial charge in [0.25, 0.3) is 5.69 Å². The van der Waals surface area contributed by atoms with Gasteiger partial charge in [-0.15, -0.1) is 0 Å². The Morgan fingerprint density at radius 3 is 3.00 bits per heavy atom. The number of non-ortho nitro benzene ring substituents is 1. The Kier molecular flexibility index (Phi) is 3.86. The zero-order valence-electron chi connectivity index (χ0n) is 10.3. The second-order valence-corrected chi connectivity index (χ2v) is 4.09. The van der Waals surface area contributed by atoms with Gasteiger partial charge >= 0.3 is 0 Å². The maximum absolute atomic E-state index is 10.7. The SMILES string of the molecule is CCC(O)Cc1nc(-c2cccc([N+](=O)[O-])c2)no1. The molecule has 1 heterocycles. The summed E-state index contributed by atoms with van der Waals surface area (Å²) in [6.07, 6.45) is 0.339. The molecule has 1 aromatic carbocycles.